The lowest BCUT2D eigenvalue weighted by atomic mass is 10.0. The van der Waals surface area contributed by atoms with Crippen molar-refractivity contribution in [2.45, 2.75) is 59.2 Å². The molecule has 0 unspecified atom stereocenters. The molecule has 1 saturated carbocycles. The highest BCUT2D eigenvalue weighted by molar-refractivity contribution is 4.93. The minimum absolute atomic E-state index is 0.464. The molecule has 1 heterocycles. The molecule has 0 spiro atoms. The molecule has 2 rings (SSSR count). The zero-order valence-corrected chi connectivity index (χ0v) is 10.4. The smallest absolute Gasteiger partial charge is 0.165 e. The van der Waals surface area contributed by atoms with Crippen LogP contribution in [0.5, 0.6) is 0 Å². The van der Waals surface area contributed by atoms with Gasteiger partial charge in [0.05, 0.1) is 13.1 Å². The van der Waals surface area contributed by atoms with Crippen molar-refractivity contribution in [2.75, 3.05) is 0 Å². The molecule has 90 valence electrons. The van der Waals surface area contributed by atoms with E-state index in [1.54, 1.807) is 0 Å². The third kappa shape index (κ3) is 2.58. The van der Waals surface area contributed by atoms with Gasteiger partial charge in [0.15, 0.2) is 5.82 Å². The van der Waals surface area contributed by atoms with E-state index in [-0.39, 0.29) is 0 Å². The third-order valence-electron chi connectivity index (χ3n) is 3.47. The molecular formula is C11H21N5. The zero-order chi connectivity index (χ0) is 11.6. The Morgan fingerprint density at radius 3 is 2.75 bits per heavy atom. The summed E-state index contributed by atoms with van der Waals surface area (Å²) in [6.45, 7) is 8.24. The van der Waals surface area contributed by atoms with Crippen molar-refractivity contribution >= 4 is 0 Å². The summed E-state index contributed by atoms with van der Waals surface area (Å²) in [7, 11) is 0. The lowest BCUT2D eigenvalue weighted by Gasteiger charge is -2.13. The van der Waals surface area contributed by atoms with Crippen molar-refractivity contribution in [3.05, 3.63) is 5.82 Å². The summed E-state index contributed by atoms with van der Waals surface area (Å²) in [4.78, 5) is 0. The molecule has 0 aliphatic heterocycles. The van der Waals surface area contributed by atoms with Crippen LogP contribution in [0.4, 0.5) is 0 Å². The Kier molecular flexibility index (Phi) is 3.23. The average molecular weight is 223 g/mol. The molecule has 5 nitrogen and oxygen atoms in total. The van der Waals surface area contributed by atoms with E-state index in [0.717, 1.165) is 18.9 Å². The largest absolute Gasteiger partial charge is 0.308 e. The number of rotatable bonds is 6. The van der Waals surface area contributed by atoms with Gasteiger partial charge in [-0.2, -0.15) is 0 Å². The zero-order valence-electron chi connectivity index (χ0n) is 10.4. The fourth-order valence-corrected chi connectivity index (χ4v) is 1.89. The molecule has 1 aliphatic carbocycles. The number of aromatic nitrogens is 4. The molecule has 1 aromatic heterocycles. The van der Waals surface area contributed by atoms with Gasteiger partial charge in [0, 0.05) is 6.04 Å². The van der Waals surface area contributed by atoms with Crippen molar-refractivity contribution < 1.29 is 0 Å². The first-order valence-electron chi connectivity index (χ1n) is 6.14. The van der Waals surface area contributed by atoms with Crippen LogP contribution in [0.3, 0.4) is 0 Å². The number of hydrogen-bond donors (Lipinski definition) is 1. The maximum absolute atomic E-state index is 4.08. The molecule has 5 heteroatoms. The Morgan fingerprint density at radius 2 is 2.19 bits per heavy atom. The second-order valence-corrected chi connectivity index (χ2v) is 5.14. The summed E-state index contributed by atoms with van der Waals surface area (Å²) in [5, 5.41) is 15.3. The molecule has 1 fully saturated rings. The molecule has 0 radical (unpaired) electrons. The second kappa shape index (κ2) is 4.49. The highest BCUT2D eigenvalue weighted by Crippen LogP contribution is 2.49. The monoisotopic (exact) mass is 223 g/mol. The number of nitrogens with one attached hydrogen (secondary N) is 1. The second-order valence-electron chi connectivity index (χ2n) is 5.14. The van der Waals surface area contributed by atoms with Crippen LogP contribution in [0.1, 0.15) is 45.9 Å². The van der Waals surface area contributed by atoms with Crippen LogP contribution < -0.4 is 5.32 Å². The molecular weight excluding hydrogens is 202 g/mol. The summed E-state index contributed by atoms with van der Waals surface area (Å²) in [6.07, 6.45) is 3.87. The topological polar surface area (TPSA) is 55.6 Å². The van der Waals surface area contributed by atoms with Crippen molar-refractivity contribution in [3.8, 4) is 0 Å². The van der Waals surface area contributed by atoms with Gasteiger partial charge in [0.25, 0.3) is 0 Å². The molecule has 16 heavy (non-hydrogen) atoms. The first-order valence-corrected chi connectivity index (χ1v) is 6.14. The van der Waals surface area contributed by atoms with E-state index < -0.39 is 0 Å². The quantitative estimate of drug-likeness (QED) is 0.791. The van der Waals surface area contributed by atoms with Gasteiger partial charge >= 0.3 is 0 Å². The van der Waals surface area contributed by atoms with E-state index in [1.807, 2.05) is 4.68 Å². The molecule has 1 N–H and O–H groups in total. The van der Waals surface area contributed by atoms with Gasteiger partial charge in [-0.05, 0) is 35.1 Å². The molecule has 1 aliphatic rings. The van der Waals surface area contributed by atoms with Crippen molar-refractivity contribution in [3.63, 3.8) is 0 Å². The normalized spacial score (nSPS) is 18.0. The van der Waals surface area contributed by atoms with Gasteiger partial charge in [-0.25, -0.2) is 4.68 Å². The molecule has 0 atom stereocenters. The van der Waals surface area contributed by atoms with E-state index in [9.17, 15) is 0 Å². The fourth-order valence-electron chi connectivity index (χ4n) is 1.89. The van der Waals surface area contributed by atoms with E-state index in [0.29, 0.717) is 11.5 Å². The van der Waals surface area contributed by atoms with Gasteiger partial charge < -0.3 is 5.32 Å². The summed E-state index contributed by atoms with van der Waals surface area (Å²) < 4.78 is 1.96. The Balaban J connectivity index is 1.96. The Hall–Kier alpha value is -0.970. The van der Waals surface area contributed by atoms with Crippen LogP contribution in [-0.4, -0.2) is 26.2 Å². The summed E-state index contributed by atoms with van der Waals surface area (Å²) in [5.74, 6) is 0.952. The van der Waals surface area contributed by atoms with Crippen LogP contribution in [0.25, 0.3) is 0 Å². The molecule has 0 saturated heterocycles. The third-order valence-corrected chi connectivity index (χ3v) is 3.47. The van der Waals surface area contributed by atoms with Crippen LogP contribution in [0, 0.1) is 5.41 Å². The maximum Gasteiger partial charge on any atom is 0.165 e. The molecule has 0 amide bonds. The van der Waals surface area contributed by atoms with E-state index in [4.69, 9.17) is 0 Å². The highest BCUT2D eigenvalue weighted by Gasteiger charge is 2.41. The Bertz CT molecular complexity index is 340. The van der Waals surface area contributed by atoms with Crippen LogP contribution in [0.15, 0.2) is 0 Å². The lowest BCUT2D eigenvalue weighted by Crippen LogP contribution is -2.25. The fraction of sp³-hybridized carbons (Fsp3) is 0.909. The van der Waals surface area contributed by atoms with Crippen molar-refractivity contribution in [1.29, 1.82) is 0 Å². The highest BCUT2D eigenvalue weighted by atomic mass is 15.5. The lowest BCUT2D eigenvalue weighted by molar-refractivity contribution is 0.367. The average Bonchev–Trinajstić information content (AvgIpc) is 2.88. The summed E-state index contributed by atoms with van der Waals surface area (Å²) in [6, 6.07) is 0.464. The number of tetrazole rings is 1. The molecule has 1 aromatic rings. The Morgan fingerprint density at radius 1 is 1.44 bits per heavy atom. The van der Waals surface area contributed by atoms with Gasteiger partial charge in [-0.15, -0.1) is 5.10 Å². The van der Waals surface area contributed by atoms with Crippen LogP contribution in [0.2, 0.25) is 0 Å². The number of hydrogen-bond acceptors (Lipinski definition) is 4. The molecule has 0 aromatic carbocycles. The van der Waals surface area contributed by atoms with Crippen LogP contribution >= 0.6 is 0 Å². The Labute approximate surface area is 96.6 Å². The van der Waals surface area contributed by atoms with E-state index in [1.165, 1.54) is 19.3 Å². The van der Waals surface area contributed by atoms with E-state index in [2.05, 4.69) is 41.6 Å². The predicted octanol–water partition coefficient (Wildman–Crippen LogP) is 1.36. The summed E-state index contributed by atoms with van der Waals surface area (Å²) in [5.41, 5.74) is 0.488. The summed E-state index contributed by atoms with van der Waals surface area (Å²) >= 11 is 0. The number of nitrogens with zero attached hydrogens (tertiary/aromatic N) is 4. The first kappa shape index (κ1) is 11.5. The van der Waals surface area contributed by atoms with Crippen molar-refractivity contribution in [1.82, 2.24) is 25.5 Å². The van der Waals surface area contributed by atoms with Gasteiger partial charge in [0.1, 0.15) is 0 Å². The minimum atomic E-state index is 0.464. The standard InChI is InChI=1S/C11H21N5/c1-4-11(5-6-11)8-16-10(13-14-15-16)7-12-9(2)3/h9,12H,4-8H2,1-3H3. The SMILES string of the molecule is CCC1(Cn2nnnc2CNC(C)C)CC1. The van der Waals surface area contributed by atoms with Crippen LogP contribution in [-0.2, 0) is 13.1 Å². The van der Waals surface area contributed by atoms with Gasteiger partial charge in [0.2, 0.25) is 0 Å². The van der Waals surface area contributed by atoms with E-state index >= 15 is 0 Å². The van der Waals surface area contributed by atoms with Gasteiger partial charge in [-0.3, -0.25) is 0 Å². The van der Waals surface area contributed by atoms with Gasteiger partial charge in [-0.1, -0.05) is 20.8 Å². The van der Waals surface area contributed by atoms with Crippen molar-refractivity contribution in [2.24, 2.45) is 5.41 Å². The maximum atomic E-state index is 4.08. The minimum Gasteiger partial charge on any atom is -0.308 e. The predicted molar refractivity (Wildman–Crippen MR) is 61.8 cm³/mol. The first-order chi connectivity index (χ1) is 7.65. The molecule has 0 bridgehead atoms.